The van der Waals surface area contributed by atoms with Crippen LogP contribution < -0.4 is 17.0 Å². The van der Waals surface area contributed by atoms with E-state index in [1.54, 1.807) is 0 Å². The Bertz CT molecular complexity index is 399. The average Bonchev–Trinajstić information content (AvgIpc) is 2.72. The van der Waals surface area contributed by atoms with Crippen molar-refractivity contribution in [3.05, 3.63) is 12.7 Å². The molecule has 0 spiro atoms. The Labute approximate surface area is 205 Å². The van der Waals surface area contributed by atoms with Gasteiger partial charge in [-0.15, -0.1) is 0 Å². The van der Waals surface area contributed by atoms with Gasteiger partial charge in [0.05, 0.1) is 20.6 Å². The summed E-state index contributed by atoms with van der Waals surface area (Å²) in [6.07, 6.45) is 26.7. The van der Waals surface area contributed by atoms with Crippen molar-refractivity contribution in [3.8, 4) is 0 Å². The zero-order valence-electron chi connectivity index (χ0n) is 21.3. The summed E-state index contributed by atoms with van der Waals surface area (Å²) in [7, 11) is 4.44. The minimum Gasteiger partial charge on any atom is -1.00 e. The maximum Gasteiger partial charge on any atom is 0.330 e. The van der Waals surface area contributed by atoms with Gasteiger partial charge in [-0.3, -0.25) is 0 Å². The molecule has 0 amide bonds. The molecule has 0 aliphatic heterocycles. The second-order valence-electron chi connectivity index (χ2n) is 9.76. The molecule has 0 aliphatic carbocycles. The Hall–Kier alpha value is -0.350. The number of rotatable bonds is 23. The third-order valence-electron chi connectivity index (χ3n) is 6.22. The monoisotopic (exact) mass is 503 g/mol. The molecule has 4 heteroatoms. The number of carbonyl (C=O) groups excluding carboxylic acids is 1. The van der Waals surface area contributed by atoms with E-state index in [1.807, 2.05) is 0 Å². The number of halogens is 1. The summed E-state index contributed by atoms with van der Waals surface area (Å²) in [5.74, 6) is -0.317. The van der Waals surface area contributed by atoms with E-state index in [-0.39, 0.29) is 23.0 Å². The van der Waals surface area contributed by atoms with Crippen molar-refractivity contribution in [2.45, 2.75) is 122 Å². The van der Waals surface area contributed by atoms with Gasteiger partial charge in [-0.25, -0.2) is 4.79 Å². The lowest BCUT2D eigenvalue weighted by atomic mass is 10.0. The second-order valence-corrected chi connectivity index (χ2v) is 9.76. The minimum absolute atomic E-state index is 0. The van der Waals surface area contributed by atoms with Crippen LogP contribution in [0.15, 0.2) is 12.7 Å². The van der Waals surface area contributed by atoms with E-state index in [9.17, 15) is 4.79 Å². The third-order valence-corrected chi connectivity index (χ3v) is 6.22. The zero-order valence-corrected chi connectivity index (χ0v) is 22.9. The van der Waals surface area contributed by atoms with E-state index in [0.29, 0.717) is 6.61 Å². The first-order valence-electron chi connectivity index (χ1n) is 13.1. The molecule has 0 aromatic heterocycles. The van der Waals surface area contributed by atoms with E-state index in [4.69, 9.17) is 4.74 Å². The fourth-order valence-electron chi connectivity index (χ4n) is 4.01. The standard InChI is InChI=1S/C27H54NO2.BrH/c1-5-7-8-9-10-11-12-13-14-15-16-17-18-19-20-21-22-23-24-28(3,4)25-26-30-27(29)6-2;/h6H,2,5,7-26H2,1,3-4H3;1H/q+1;/p-1. The Morgan fingerprint density at radius 1 is 0.677 bits per heavy atom. The number of ether oxygens (including phenoxy) is 1. The van der Waals surface area contributed by atoms with Crippen LogP contribution in [0.5, 0.6) is 0 Å². The summed E-state index contributed by atoms with van der Waals surface area (Å²) in [4.78, 5) is 11.1. The predicted octanol–water partition coefficient (Wildman–Crippen LogP) is 4.84. The summed E-state index contributed by atoms with van der Waals surface area (Å²) < 4.78 is 6.01. The van der Waals surface area contributed by atoms with E-state index >= 15 is 0 Å². The quantitative estimate of drug-likeness (QED) is 0.0862. The van der Waals surface area contributed by atoms with Crippen molar-refractivity contribution in [2.75, 3.05) is 33.8 Å². The smallest absolute Gasteiger partial charge is 0.330 e. The van der Waals surface area contributed by atoms with Gasteiger partial charge < -0.3 is 26.2 Å². The van der Waals surface area contributed by atoms with E-state index in [1.165, 1.54) is 122 Å². The number of hydrogen-bond donors (Lipinski definition) is 0. The maximum atomic E-state index is 11.1. The zero-order chi connectivity index (χ0) is 22.3. The fourth-order valence-corrected chi connectivity index (χ4v) is 4.01. The molecular formula is C27H54BrNO2. The topological polar surface area (TPSA) is 26.3 Å². The highest BCUT2D eigenvalue weighted by atomic mass is 79.9. The number of quaternary nitrogens is 1. The van der Waals surface area contributed by atoms with Gasteiger partial charge in [0, 0.05) is 6.08 Å². The largest absolute Gasteiger partial charge is 1.00 e. The van der Waals surface area contributed by atoms with Crippen molar-refractivity contribution < 1.29 is 31.0 Å². The van der Waals surface area contributed by atoms with Crippen LogP contribution in [-0.4, -0.2) is 44.2 Å². The third kappa shape index (κ3) is 25.8. The second kappa shape index (κ2) is 24.3. The summed E-state index contributed by atoms with van der Waals surface area (Å²) in [6, 6.07) is 0. The van der Waals surface area contributed by atoms with Gasteiger partial charge in [0.1, 0.15) is 13.2 Å². The van der Waals surface area contributed by atoms with Crippen LogP contribution in [0, 0.1) is 0 Å². The highest BCUT2D eigenvalue weighted by Gasteiger charge is 2.14. The molecule has 0 heterocycles. The van der Waals surface area contributed by atoms with Gasteiger partial charge in [-0.2, -0.15) is 0 Å². The maximum absolute atomic E-state index is 11.1. The van der Waals surface area contributed by atoms with Crippen molar-refractivity contribution in [3.63, 3.8) is 0 Å². The van der Waals surface area contributed by atoms with Crippen LogP contribution in [0.4, 0.5) is 0 Å². The predicted molar refractivity (Wildman–Crippen MR) is 132 cm³/mol. The van der Waals surface area contributed by atoms with E-state index < -0.39 is 0 Å². The molecule has 0 rings (SSSR count). The molecule has 0 fully saturated rings. The van der Waals surface area contributed by atoms with Gasteiger partial charge in [0.2, 0.25) is 0 Å². The molecule has 0 aromatic carbocycles. The number of esters is 1. The van der Waals surface area contributed by atoms with Gasteiger partial charge in [-0.1, -0.05) is 116 Å². The molecule has 0 bridgehead atoms. The highest BCUT2D eigenvalue weighted by Crippen LogP contribution is 2.14. The van der Waals surface area contributed by atoms with Gasteiger partial charge in [0.15, 0.2) is 0 Å². The molecule has 186 valence electrons. The van der Waals surface area contributed by atoms with Crippen LogP contribution in [-0.2, 0) is 9.53 Å². The number of hydrogen-bond acceptors (Lipinski definition) is 2. The van der Waals surface area contributed by atoms with Crippen LogP contribution in [0.3, 0.4) is 0 Å². The molecule has 0 aromatic rings. The van der Waals surface area contributed by atoms with Gasteiger partial charge in [0.25, 0.3) is 0 Å². The Balaban J connectivity index is 0. The molecule has 0 aliphatic rings. The first kappa shape index (κ1) is 32.8. The SMILES string of the molecule is C=CC(=O)OCC[N+](C)(C)CCCCCCCCCCCCCCCCCCCC.[Br-]. The first-order valence-corrected chi connectivity index (χ1v) is 13.1. The van der Waals surface area contributed by atoms with Gasteiger partial charge >= 0.3 is 5.97 Å². The van der Waals surface area contributed by atoms with E-state index in [2.05, 4.69) is 27.6 Å². The lowest BCUT2D eigenvalue weighted by Crippen LogP contribution is -3.00. The fraction of sp³-hybridized carbons (Fsp3) is 0.889. The van der Waals surface area contributed by atoms with Crippen molar-refractivity contribution >= 4 is 5.97 Å². The molecule has 0 radical (unpaired) electrons. The van der Waals surface area contributed by atoms with Crippen molar-refractivity contribution in [1.82, 2.24) is 0 Å². The minimum atomic E-state index is -0.317. The van der Waals surface area contributed by atoms with Crippen molar-refractivity contribution in [2.24, 2.45) is 0 Å². The molecule has 0 saturated carbocycles. The van der Waals surface area contributed by atoms with Crippen molar-refractivity contribution in [1.29, 1.82) is 0 Å². The number of unbranched alkanes of at least 4 members (excludes halogenated alkanes) is 17. The van der Waals surface area contributed by atoms with Crippen LogP contribution in [0.25, 0.3) is 0 Å². The molecular weight excluding hydrogens is 450 g/mol. The summed E-state index contributed by atoms with van der Waals surface area (Å²) in [5, 5.41) is 0. The van der Waals surface area contributed by atoms with Crippen LogP contribution in [0.2, 0.25) is 0 Å². The Morgan fingerprint density at radius 2 is 1.03 bits per heavy atom. The lowest BCUT2D eigenvalue weighted by Gasteiger charge is -2.29. The normalized spacial score (nSPS) is 11.2. The number of likely N-dealkylation sites (N-methyl/N-ethyl adjacent to an activating group) is 1. The summed E-state index contributed by atoms with van der Waals surface area (Å²) in [5.41, 5.74) is 0. The molecule has 0 N–H and O–H groups in total. The number of carbonyl (C=O) groups is 1. The number of nitrogens with zero attached hydrogens (tertiary/aromatic N) is 1. The Morgan fingerprint density at radius 3 is 1.39 bits per heavy atom. The highest BCUT2D eigenvalue weighted by molar-refractivity contribution is 5.81. The van der Waals surface area contributed by atoms with E-state index in [0.717, 1.165) is 17.6 Å². The molecule has 0 saturated heterocycles. The molecule has 31 heavy (non-hydrogen) atoms. The summed E-state index contributed by atoms with van der Waals surface area (Å²) in [6.45, 7) is 8.23. The average molecular weight is 505 g/mol. The van der Waals surface area contributed by atoms with Crippen LogP contribution in [0.1, 0.15) is 122 Å². The Kier molecular flexibility index (Phi) is 25.7. The molecule has 3 nitrogen and oxygen atoms in total. The lowest BCUT2D eigenvalue weighted by molar-refractivity contribution is -0.890. The molecule has 0 unspecified atom stereocenters. The summed E-state index contributed by atoms with van der Waals surface area (Å²) >= 11 is 0. The van der Waals surface area contributed by atoms with Crippen LogP contribution >= 0.6 is 0 Å². The first-order chi connectivity index (χ1) is 14.5. The van der Waals surface area contributed by atoms with Gasteiger partial charge in [-0.05, 0) is 12.8 Å². The molecule has 0 atom stereocenters.